The molecule has 1 rings (SSSR count). The standard InChI is InChI=1S/C16H24N2O3/c1-11(2)7-6-8-12(3)17-16(21)18-14-10-5-4-9-13(14)15(19)20/h4-5,9-12H,6-8H2,1-3H3,(H,19,20)(H2,17,18,21). The molecule has 5 nitrogen and oxygen atoms in total. The fourth-order valence-corrected chi connectivity index (χ4v) is 2.07. The molecule has 3 N–H and O–H groups in total. The summed E-state index contributed by atoms with van der Waals surface area (Å²) in [6, 6.07) is 6.03. The molecule has 1 unspecified atom stereocenters. The summed E-state index contributed by atoms with van der Waals surface area (Å²) in [6.45, 7) is 6.30. The Balaban J connectivity index is 2.48. The molecular formula is C16H24N2O3. The minimum Gasteiger partial charge on any atom is -0.478 e. The number of aromatic carboxylic acids is 1. The van der Waals surface area contributed by atoms with E-state index in [0.717, 1.165) is 19.3 Å². The molecule has 0 aliphatic rings. The predicted octanol–water partition coefficient (Wildman–Crippen LogP) is 3.72. The number of hydrogen-bond acceptors (Lipinski definition) is 2. The summed E-state index contributed by atoms with van der Waals surface area (Å²) in [7, 11) is 0. The number of benzene rings is 1. The molecule has 0 heterocycles. The highest BCUT2D eigenvalue weighted by atomic mass is 16.4. The van der Waals surface area contributed by atoms with E-state index in [1.54, 1.807) is 18.2 Å². The first-order chi connectivity index (χ1) is 9.90. The highest BCUT2D eigenvalue weighted by Gasteiger charge is 2.13. The van der Waals surface area contributed by atoms with E-state index in [-0.39, 0.29) is 17.6 Å². The number of anilines is 1. The summed E-state index contributed by atoms with van der Waals surface area (Å²) in [5, 5.41) is 14.5. The first kappa shape index (κ1) is 17.0. The lowest BCUT2D eigenvalue weighted by Crippen LogP contribution is -2.36. The zero-order valence-electron chi connectivity index (χ0n) is 12.8. The van der Waals surface area contributed by atoms with Crippen molar-refractivity contribution in [3.05, 3.63) is 29.8 Å². The molecule has 0 spiro atoms. The molecule has 0 aromatic heterocycles. The lowest BCUT2D eigenvalue weighted by Gasteiger charge is -2.16. The van der Waals surface area contributed by atoms with Crippen LogP contribution in [0.1, 0.15) is 50.4 Å². The van der Waals surface area contributed by atoms with Crippen molar-refractivity contribution in [1.82, 2.24) is 5.32 Å². The van der Waals surface area contributed by atoms with Crippen molar-refractivity contribution in [2.24, 2.45) is 5.92 Å². The lowest BCUT2D eigenvalue weighted by atomic mass is 10.0. The van der Waals surface area contributed by atoms with Gasteiger partial charge in [-0.05, 0) is 31.4 Å². The van der Waals surface area contributed by atoms with Gasteiger partial charge in [0, 0.05) is 6.04 Å². The zero-order valence-corrected chi connectivity index (χ0v) is 12.8. The molecule has 5 heteroatoms. The Kier molecular flexibility index (Phi) is 6.72. The number of urea groups is 1. The molecule has 2 amide bonds. The summed E-state index contributed by atoms with van der Waals surface area (Å²) in [5.41, 5.74) is 0.386. The van der Waals surface area contributed by atoms with Gasteiger partial charge in [0.1, 0.15) is 0 Å². The maximum Gasteiger partial charge on any atom is 0.337 e. The number of carboxylic acids is 1. The van der Waals surface area contributed by atoms with Crippen LogP contribution >= 0.6 is 0 Å². The first-order valence-electron chi connectivity index (χ1n) is 7.30. The van der Waals surface area contributed by atoms with Crippen molar-refractivity contribution >= 4 is 17.7 Å². The van der Waals surface area contributed by atoms with Gasteiger partial charge in [0.15, 0.2) is 0 Å². The van der Waals surface area contributed by atoms with Gasteiger partial charge in [-0.3, -0.25) is 0 Å². The molecule has 116 valence electrons. The smallest absolute Gasteiger partial charge is 0.337 e. The Hall–Kier alpha value is -2.04. The van der Waals surface area contributed by atoms with E-state index in [4.69, 9.17) is 5.11 Å². The quantitative estimate of drug-likeness (QED) is 0.716. The predicted molar refractivity (Wildman–Crippen MR) is 83.7 cm³/mol. The third-order valence-corrected chi connectivity index (χ3v) is 3.20. The van der Waals surface area contributed by atoms with Crippen LogP contribution in [0.3, 0.4) is 0 Å². The van der Waals surface area contributed by atoms with Gasteiger partial charge in [-0.2, -0.15) is 0 Å². The number of para-hydroxylation sites is 1. The average molecular weight is 292 g/mol. The molecule has 1 aromatic rings. The maximum atomic E-state index is 11.9. The van der Waals surface area contributed by atoms with Crippen LogP contribution in [0.4, 0.5) is 10.5 Å². The van der Waals surface area contributed by atoms with E-state index >= 15 is 0 Å². The van der Waals surface area contributed by atoms with E-state index in [2.05, 4.69) is 24.5 Å². The van der Waals surface area contributed by atoms with Crippen LogP contribution in [0.2, 0.25) is 0 Å². The Morgan fingerprint density at radius 3 is 2.43 bits per heavy atom. The largest absolute Gasteiger partial charge is 0.478 e. The number of amides is 2. The fourth-order valence-electron chi connectivity index (χ4n) is 2.07. The molecule has 21 heavy (non-hydrogen) atoms. The number of carbonyl (C=O) groups is 2. The molecule has 0 fully saturated rings. The van der Waals surface area contributed by atoms with Crippen LogP contribution in [0, 0.1) is 5.92 Å². The topological polar surface area (TPSA) is 78.4 Å². The summed E-state index contributed by atoms with van der Waals surface area (Å²) >= 11 is 0. The molecule has 0 aliphatic heterocycles. The van der Waals surface area contributed by atoms with Gasteiger partial charge in [0.05, 0.1) is 11.3 Å². The molecular weight excluding hydrogens is 268 g/mol. The van der Waals surface area contributed by atoms with Crippen LogP contribution in [-0.4, -0.2) is 23.1 Å². The van der Waals surface area contributed by atoms with Gasteiger partial charge in [-0.15, -0.1) is 0 Å². The summed E-state index contributed by atoms with van der Waals surface area (Å²) in [5.74, 6) is -0.399. The number of carbonyl (C=O) groups excluding carboxylic acids is 1. The normalized spacial score (nSPS) is 12.0. The van der Waals surface area contributed by atoms with Crippen molar-refractivity contribution in [3.8, 4) is 0 Å². The van der Waals surface area contributed by atoms with Gasteiger partial charge < -0.3 is 15.7 Å². The first-order valence-corrected chi connectivity index (χ1v) is 7.30. The third-order valence-electron chi connectivity index (χ3n) is 3.20. The van der Waals surface area contributed by atoms with Crippen molar-refractivity contribution in [1.29, 1.82) is 0 Å². The Morgan fingerprint density at radius 2 is 1.81 bits per heavy atom. The minimum atomic E-state index is -1.06. The number of carboxylic acid groups (broad SMARTS) is 1. The number of rotatable bonds is 7. The molecule has 1 aromatic carbocycles. The zero-order chi connectivity index (χ0) is 15.8. The molecule has 0 aliphatic carbocycles. The van der Waals surface area contributed by atoms with Gasteiger partial charge in [0.25, 0.3) is 0 Å². The van der Waals surface area contributed by atoms with Crippen molar-refractivity contribution < 1.29 is 14.7 Å². The van der Waals surface area contributed by atoms with Crippen molar-refractivity contribution in [2.75, 3.05) is 5.32 Å². The maximum absolute atomic E-state index is 11.9. The minimum absolute atomic E-state index is 0.0562. The molecule has 1 atom stereocenters. The van der Waals surface area contributed by atoms with E-state index in [9.17, 15) is 9.59 Å². The van der Waals surface area contributed by atoms with E-state index in [0.29, 0.717) is 11.6 Å². The monoisotopic (exact) mass is 292 g/mol. The number of nitrogens with one attached hydrogen (secondary N) is 2. The highest BCUT2D eigenvalue weighted by molar-refractivity contribution is 5.99. The second-order valence-corrected chi connectivity index (χ2v) is 5.67. The third kappa shape index (κ3) is 6.29. The second-order valence-electron chi connectivity index (χ2n) is 5.67. The Morgan fingerprint density at radius 1 is 1.14 bits per heavy atom. The molecule has 0 saturated heterocycles. The number of hydrogen-bond donors (Lipinski definition) is 3. The van der Waals surface area contributed by atoms with Crippen LogP contribution in [0.5, 0.6) is 0 Å². The van der Waals surface area contributed by atoms with E-state index in [1.165, 1.54) is 6.07 Å². The van der Waals surface area contributed by atoms with Crippen LogP contribution in [0.25, 0.3) is 0 Å². The fraction of sp³-hybridized carbons (Fsp3) is 0.500. The lowest BCUT2D eigenvalue weighted by molar-refractivity contribution is 0.0698. The van der Waals surface area contributed by atoms with Crippen molar-refractivity contribution in [2.45, 2.75) is 46.1 Å². The van der Waals surface area contributed by atoms with E-state index < -0.39 is 5.97 Å². The summed E-state index contributed by atoms with van der Waals surface area (Å²) < 4.78 is 0. The summed E-state index contributed by atoms with van der Waals surface area (Å²) in [4.78, 5) is 22.9. The van der Waals surface area contributed by atoms with Crippen LogP contribution in [0.15, 0.2) is 24.3 Å². The van der Waals surface area contributed by atoms with Gasteiger partial charge in [-0.25, -0.2) is 9.59 Å². The summed E-state index contributed by atoms with van der Waals surface area (Å²) in [6.07, 6.45) is 3.10. The second kappa shape index (κ2) is 8.29. The molecule has 0 bridgehead atoms. The van der Waals surface area contributed by atoms with Gasteiger partial charge >= 0.3 is 12.0 Å². The average Bonchev–Trinajstić information content (AvgIpc) is 2.38. The Bertz CT molecular complexity index is 486. The van der Waals surface area contributed by atoms with Crippen molar-refractivity contribution in [3.63, 3.8) is 0 Å². The van der Waals surface area contributed by atoms with Gasteiger partial charge in [-0.1, -0.05) is 38.8 Å². The molecule has 0 saturated carbocycles. The van der Waals surface area contributed by atoms with Crippen LogP contribution < -0.4 is 10.6 Å². The highest BCUT2D eigenvalue weighted by Crippen LogP contribution is 2.15. The van der Waals surface area contributed by atoms with Gasteiger partial charge in [0.2, 0.25) is 0 Å². The van der Waals surface area contributed by atoms with Crippen LogP contribution in [-0.2, 0) is 0 Å². The van der Waals surface area contributed by atoms with E-state index in [1.807, 2.05) is 6.92 Å². The Labute approximate surface area is 125 Å². The SMILES string of the molecule is CC(C)CCCC(C)NC(=O)Nc1ccccc1C(=O)O. The molecule has 0 radical (unpaired) electrons.